The maximum Gasteiger partial charge on any atom is 0.419 e. The van der Waals surface area contributed by atoms with E-state index in [-0.39, 0.29) is 24.5 Å². The maximum absolute atomic E-state index is 13.8. The average Bonchev–Trinajstić information content (AvgIpc) is 2.95. The molecule has 1 atom stereocenters. The number of nitrogens with zero attached hydrogens (tertiary/aromatic N) is 2. The zero-order valence-corrected chi connectivity index (χ0v) is 11.9. The molecule has 1 aliphatic heterocycles. The molecule has 7 heteroatoms. The lowest BCUT2D eigenvalue weighted by molar-refractivity contribution is -0.137. The van der Waals surface area contributed by atoms with Crippen LogP contribution in [-0.2, 0) is 6.18 Å². The lowest BCUT2D eigenvalue weighted by Gasteiger charge is -2.22. The third kappa shape index (κ3) is 3.00. The Balaban J connectivity index is 1.90. The van der Waals surface area contributed by atoms with E-state index < -0.39 is 29.3 Å². The minimum absolute atomic E-state index is 0.0699. The topological polar surface area (TPSA) is 16.1 Å². The molecule has 3 rings (SSSR count). The van der Waals surface area contributed by atoms with Crippen LogP contribution in [0.2, 0.25) is 0 Å². The Hall–Kier alpha value is -2.18. The zero-order valence-electron chi connectivity index (χ0n) is 11.9. The Kier molecular flexibility index (Phi) is 3.95. The number of rotatable bonds is 2. The highest BCUT2D eigenvalue weighted by Crippen LogP contribution is 2.39. The van der Waals surface area contributed by atoms with Gasteiger partial charge in [-0.1, -0.05) is 6.07 Å². The van der Waals surface area contributed by atoms with Gasteiger partial charge in [0, 0.05) is 30.8 Å². The number of benzene rings is 1. The van der Waals surface area contributed by atoms with Gasteiger partial charge in [0.05, 0.1) is 5.56 Å². The fraction of sp³-hybridized carbons (Fsp3) is 0.312. The second-order valence-electron chi connectivity index (χ2n) is 5.44. The smallest absolute Gasteiger partial charge is 0.355 e. The number of anilines is 1. The zero-order chi connectivity index (χ0) is 16.6. The van der Waals surface area contributed by atoms with Gasteiger partial charge >= 0.3 is 6.18 Å². The SMILES string of the molecule is Fc1cccc(F)c1C1CCN(c2ncccc2C(F)(F)F)C1. The van der Waals surface area contributed by atoms with Gasteiger partial charge in [-0.2, -0.15) is 13.2 Å². The summed E-state index contributed by atoms with van der Waals surface area (Å²) >= 11 is 0. The van der Waals surface area contributed by atoms with Crippen molar-refractivity contribution in [3.05, 3.63) is 59.3 Å². The molecule has 2 nitrogen and oxygen atoms in total. The first-order valence-electron chi connectivity index (χ1n) is 7.09. The third-order valence-corrected chi connectivity index (χ3v) is 3.99. The number of hydrogen-bond donors (Lipinski definition) is 0. The minimum Gasteiger partial charge on any atom is -0.355 e. The highest BCUT2D eigenvalue weighted by molar-refractivity contribution is 5.50. The van der Waals surface area contributed by atoms with Gasteiger partial charge in [-0.25, -0.2) is 13.8 Å². The first-order valence-corrected chi connectivity index (χ1v) is 7.09. The predicted molar refractivity (Wildman–Crippen MR) is 75.2 cm³/mol. The van der Waals surface area contributed by atoms with E-state index >= 15 is 0 Å². The Bertz CT molecular complexity index is 694. The van der Waals surface area contributed by atoms with Gasteiger partial charge < -0.3 is 4.90 Å². The van der Waals surface area contributed by atoms with Crippen molar-refractivity contribution < 1.29 is 22.0 Å². The molecule has 0 saturated carbocycles. The Morgan fingerprint density at radius 1 is 1.04 bits per heavy atom. The molecule has 2 aromatic rings. The lowest BCUT2D eigenvalue weighted by Crippen LogP contribution is -2.24. The highest BCUT2D eigenvalue weighted by Gasteiger charge is 2.38. The largest absolute Gasteiger partial charge is 0.419 e. The van der Waals surface area contributed by atoms with Crippen LogP contribution < -0.4 is 4.90 Å². The fourth-order valence-electron chi connectivity index (χ4n) is 2.96. The second kappa shape index (κ2) is 5.79. The van der Waals surface area contributed by atoms with E-state index in [1.165, 1.54) is 23.2 Å². The number of pyridine rings is 1. The summed E-state index contributed by atoms with van der Waals surface area (Å²) in [6.07, 6.45) is -2.88. The Labute approximate surface area is 129 Å². The molecule has 0 N–H and O–H groups in total. The minimum atomic E-state index is -4.52. The molecule has 1 unspecified atom stereocenters. The van der Waals surface area contributed by atoms with Crippen molar-refractivity contribution in [3.8, 4) is 0 Å². The van der Waals surface area contributed by atoms with Gasteiger partial charge in [0.1, 0.15) is 17.5 Å². The molecule has 23 heavy (non-hydrogen) atoms. The molecule has 1 fully saturated rings. The van der Waals surface area contributed by atoms with Crippen molar-refractivity contribution >= 4 is 5.82 Å². The summed E-state index contributed by atoms with van der Waals surface area (Å²) in [6.45, 7) is 0.358. The second-order valence-corrected chi connectivity index (χ2v) is 5.44. The van der Waals surface area contributed by atoms with E-state index in [2.05, 4.69) is 4.98 Å². The van der Waals surface area contributed by atoms with Gasteiger partial charge in [-0.3, -0.25) is 0 Å². The molecule has 122 valence electrons. The van der Waals surface area contributed by atoms with E-state index in [4.69, 9.17) is 0 Å². The first-order chi connectivity index (χ1) is 10.9. The predicted octanol–water partition coefficient (Wildman–Crippen LogP) is 4.37. The number of halogens is 5. The molecular formula is C16H13F5N2. The van der Waals surface area contributed by atoms with E-state index in [1.807, 2.05) is 0 Å². The number of hydrogen-bond acceptors (Lipinski definition) is 2. The lowest BCUT2D eigenvalue weighted by atomic mass is 9.97. The third-order valence-electron chi connectivity index (χ3n) is 3.99. The quantitative estimate of drug-likeness (QED) is 0.761. The molecular weight excluding hydrogens is 315 g/mol. The van der Waals surface area contributed by atoms with E-state index in [9.17, 15) is 22.0 Å². The van der Waals surface area contributed by atoms with Crippen molar-refractivity contribution in [2.45, 2.75) is 18.5 Å². The van der Waals surface area contributed by atoms with Crippen LogP contribution in [0.5, 0.6) is 0 Å². The number of alkyl halides is 3. The summed E-state index contributed by atoms with van der Waals surface area (Å²) in [6, 6.07) is 5.75. The van der Waals surface area contributed by atoms with Crippen LogP contribution in [0, 0.1) is 11.6 Å². The molecule has 1 aromatic heterocycles. The first kappa shape index (κ1) is 15.7. The summed E-state index contributed by atoms with van der Waals surface area (Å²) in [5, 5.41) is 0. The number of aromatic nitrogens is 1. The van der Waals surface area contributed by atoms with Crippen molar-refractivity contribution in [1.29, 1.82) is 0 Å². The molecule has 1 saturated heterocycles. The van der Waals surface area contributed by atoms with Crippen LogP contribution in [0.3, 0.4) is 0 Å². The monoisotopic (exact) mass is 328 g/mol. The highest BCUT2D eigenvalue weighted by atomic mass is 19.4. The Morgan fingerprint density at radius 3 is 2.39 bits per heavy atom. The van der Waals surface area contributed by atoms with Crippen molar-refractivity contribution in [2.75, 3.05) is 18.0 Å². The van der Waals surface area contributed by atoms with Gasteiger partial charge in [0.15, 0.2) is 0 Å². The normalized spacial score (nSPS) is 18.5. The van der Waals surface area contributed by atoms with Gasteiger partial charge in [0.25, 0.3) is 0 Å². The Morgan fingerprint density at radius 2 is 1.74 bits per heavy atom. The van der Waals surface area contributed by atoms with Crippen LogP contribution >= 0.6 is 0 Å². The van der Waals surface area contributed by atoms with Crippen molar-refractivity contribution in [1.82, 2.24) is 4.98 Å². The maximum atomic E-state index is 13.8. The summed E-state index contributed by atoms with van der Waals surface area (Å²) in [5.74, 6) is -2.04. The van der Waals surface area contributed by atoms with Gasteiger partial charge in [-0.15, -0.1) is 0 Å². The summed E-state index contributed by atoms with van der Waals surface area (Å²) < 4.78 is 66.9. The van der Waals surface area contributed by atoms with Gasteiger partial charge in [-0.05, 0) is 30.7 Å². The fourth-order valence-corrected chi connectivity index (χ4v) is 2.96. The summed E-state index contributed by atoms with van der Waals surface area (Å²) in [4.78, 5) is 5.25. The standard InChI is InChI=1S/C16H13F5N2/c17-12-4-1-5-13(18)14(12)10-6-8-23(9-10)15-11(16(19,20)21)3-2-7-22-15/h1-5,7,10H,6,8-9H2. The van der Waals surface area contributed by atoms with Crippen LogP contribution in [-0.4, -0.2) is 18.1 Å². The molecule has 1 aromatic carbocycles. The van der Waals surface area contributed by atoms with Crippen LogP contribution in [0.15, 0.2) is 36.5 Å². The molecule has 0 bridgehead atoms. The molecule has 1 aliphatic rings. The summed E-state index contributed by atoms with van der Waals surface area (Å²) in [7, 11) is 0. The molecule has 0 spiro atoms. The van der Waals surface area contributed by atoms with Crippen LogP contribution in [0.1, 0.15) is 23.5 Å². The van der Waals surface area contributed by atoms with E-state index in [0.29, 0.717) is 6.42 Å². The van der Waals surface area contributed by atoms with E-state index in [0.717, 1.165) is 18.2 Å². The van der Waals surface area contributed by atoms with E-state index in [1.54, 1.807) is 0 Å². The molecule has 0 aliphatic carbocycles. The van der Waals surface area contributed by atoms with Crippen molar-refractivity contribution in [2.24, 2.45) is 0 Å². The molecule has 2 heterocycles. The molecule has 0 amide bonds. The summed E-state index contributed by atoms with van der Waals surface area (Å²) in [5.41, 5.74) is -0.908. The van der Waals surface area contributed by atoms with Crippen LogP contribution in [0.25, 0.3) is 0 Å². The van der Waals surface area contributed by atoms with Crippen molar-refractivity contribution in [3.63, 3.8) is 0 Å². The molecule has 0 radical (unpaired) electrons. The van der Waals surface area contributed by atoms with Crippen LogP contribution in [0.4, 0.5) is 27.8 Å². The van der Waals surface area contributed by atoms with Gasteiger partial charge in [0.2, 0.25) is 0 Å². The average molecular weight is 328 g/mol.